The molecule has 1 aromatic rings. The molecule has 0 amide bonds. The van der Waals surface area contributed by atoms with Crippen LogP contribution >= 0.6 is 15.9 Å². The van der Waals surface area contributed by atoms with E-state index in [0.717, 1.165) is 4.48 Å². The maximum atomic E-state index is 12.0. The number of oxime groups is 1. The summed E-state index contributed by atoms with van der Waals surface area (Å²) in [5.41, 5.74) is 5.87. The number of hydrogen-bond acceptors (Lipinski definition) is 5. The predicted octanol–water partition coefficient (Wildman–Crippen LogP) is 1.05. The van der Waals surface area contributed by atoms with E-state index in [1.807, 2.05) is 0 Å². The van der Waals surface area contributed by atoms with Gasteiger partial charge in [0.2, 0.25) is 0 Å². The number of sulfone groups is 1. The zero-order chi connectivity index (χ0) is 15.2. The molecular weight excluding hydrogens is 346 g/mol. The maximum absolute atomic E-state index is 12.0. The molecule has 4 N–H and O–H groups in total. The highest BCUT2D eigenvalue weighted by Crippen LogP contribution is 2.12. The summed E-state index contributed by atoms with van der Waals surface area (Å²) in [6.45, 7) is 4.48. The summed E-state index contributed by atoms with van der Waals surface area (Å²) in [6.07, 6.45) is 0. The van der Waals surface area contributed by atoms with Crippen molar-refractivity contribution in [3.8, 4) is 0 Å². The van der Waals surface area contributed by atoms with Crippen LogP contribution in [0.1, 0.15) is 5.56 Å². The minimum absolute atomic E-state index is 0.0177. The zero-order valence-corrected chi connectivity index (χ0v) is 13.1. The highest BCUT2D eigenvalue weighted by Gasteiger charge is 2.14. The van der Waals surface area contributed by atoms with E-state index in [9.17, 15) is 8.42 Å². The van der Waals surface area contributed by atoms with E-state index in [1.54, 1.807) is 0 Å². The highest BCUT2D eigenvalue weighted by molar-refractivity contribution is 9.11. The maximum Gasteiger partial charge on any atom is 0.179 e. The van der Waals surface area contributed by atoms with Crippen LogP contribution in [-0.2, 0) is 9.84 Å². The first-order valence-electron chi connectivity index (χ1n) is 5.71. The van der Waals surface area contributed by atoms with Crippen LogP contribution in [0.4, 0.5) is 0 Å². The first kappa shape index (κ1) is 16.7. The van der Waals surface area contributed by atoms with E-state index in [4.69, 9.17) is 10.9 Å². The van der Waals surface area contributed by atoms with E-state index in [0.29, 0.717) is 18.7 Å². The fourth-order valence-corrected chi connectivity index (χ4v) is 2.84. The summed E-state index contributed by atoms with van der Waals surface area (Å²) >= 11 is 3.18. The van der Waals surface area contributed by atoms with Gasteiger partial charge in [0.25, 0.3) is 0 Å². The third kappa shape index (κ3) is 4.95. The molecule has 8 heteroatoms. The van der Waals surface area contributed by atoms with Crippen molar-refractivity contribution in [3.63, 3.8) is 0 Å². The standard InChI is InChI=1S/C12H16BrN3O3S/c1-9(13)8-15-6-7-20(18,19)11-4-2-10(3-5-11)12(14)16-17/h2-5,15,17H,1,6-8H2,(H2,14,16). The van der Waals surface area contributed by atoms with E-state index in [2.05, 4.69) is 33.0 Å². The molecule has 0 radical (unpaired) electrons. The molecule has 0 fully saturated rings. The van der Waals surface area contributed by atoms with Crippen LogP contribution in [0.5, 0.6) is 0 Å². The normalized spacial score (nSPS) is 12.3. The molecule has 1 rings (SSSR count). The van der Waals surface area contributed by atoms with Crippen molar-refractivity contribution in [2.75, 3.05) is 18.8 Å². The van der Waals surface area contributed by atoms with Crippen molar-refractivity contribution >= 4 is 31.6 Å². The Morgan fingerprint density at radius 1 is 1.40 bits per heavy atom. The number of halogens is 1. The number of nitrogens with one attached hydrogen (secondary N) is 1. The molecule has 0 aliphatic rings. The summed E-state index contributed by atoms with van der Waals surface area (Å²) in [5, 5.41) is 14.3. The summed E-state index contributed by atoms with van der Waals surface area (Å²) in [4.78, 5) is 0.200. The van der Waals surface area contributed by atoms with Crippen molar-refractivity contribution in [1.82, 2.24) is 5.32 Å². The Kier molecular flexibility index (Phi) is 6.18. The lowest BCUT2D eigenvalue weighted by atomic mass is 10.2. The van der Waals surface area contributed by atoms with Crippen LogP contribution in [0, 0.1) is 0 Å². The number of nitrogens with two attached hydrogens (primary N) is 1. The highest BCUT2D eigenvalue weighted by atomic mass is 79.9. The summed E-state index contributed by atoms with van der Waals surface area (Å²) in [7, 11) is -3.36. The minimum Gasteiger partial charge on any atom is -0.409 e. The van der Waals surface area contributed by atoms with Crippen LogP contribution in [0.15, 0.2) is 45.4 Å². The molecule has 0 aromatic heterocycles. The fraction of sp³-hybridized carbons (Fsp3) is 0.250. The average Bonchev–Trinajstić information content (AvgIpc) is 2.43. The van der Waals surface area contributed by atoms with Gasteiger partial charge in [0.05, 0.1) is 10.6 Å². The molecule has 1 aromatic carbocycles. The molecule has 0 aliphatic heterocycles. The van der Waals surface area contributed by atoms with Crippen molar-refractivity contribution < 1.29 is 13.6 Å². The second kappa shape index (κ2) is 7.41. The zero-order valence-electron chi connectivity index (χ0n) is 10.7. The Morgan fingerprint density at radius 3 is 2.50 bits per heavy atom. The topological polar surface area (TPSA) is 105 Å². The molecule has 110 valence electrons. The minimum atomic E-state index is -3.36. The van der Waals surface area contributed by atoms with Gasteiger partial charge in [-0.2, -0.15) is 0 Å². The van der Waals surface area contributed by atoms with Gasteiger partial charge in [-0.3, -0.25) is 0 Å². The Hall–Kier alpha value is -1.38. The summed E-state index contributed by atoms with van der Waals surface area (Å²) < 4.78 is 24.8. The molecular formula is C12H16BrN3O3S. The molecule has 0 spiro atoms. The lowest BCUT2D eigenvalue weighted by molar-refractivity contribution is 0.318. The van der Waals surface area contributed by atoms with Gasteiger partial charge in [-0.1, -0.05) is 27.7 Å². The Bertz CT molecular complexity index is 597. The first-order valence-corrected chi connectivity index (χ1v) is 8.16. The fourth-order valence-electron chi connectivity index (χ4n) is 1.44. The van der Waals surface area contributed by atoms with Crippen LogP contribution < -0.4 is 11.1 Å². The molecule has 0 heterocycles. The molecule has 0 unspecified atom stereocenters. The number of amidine groups is 1. The first-order chi connectivity index (χ1) is 9.36. The van der Waals surface area contributed by atoms with Gasteiger partial charge in [-0.15, -0.1) is 0 Å². The molecule has 20 heavy (non-hydrogen) atoms. The van der Waals surface area contributed by atoms with Gasteiger partial charge in [-0.05, 0) is 24.3 Å². The third-order valence-electron chi connectivity index (χ3n) is 2.48. The molecule has 0 bridgehead atoms. The average molecular weight is 362 g/mol. The molecule has 0 aliphatic carbocycles. The smallest absolute Gasteiger partial charge is 0.179 e. The molecule has 0 saturated carbocycles. The second-order valence-electron chi connectivity index (χ2n) is 4.02. The second-order valence-corrected chi connectivity index (χ2v) is 7.25. The third-order valence-corrected chi connectivity index (χ3v) is 4.49. The number of hydrogen-bond donors (Lipinski definition) is 3. The number of rotatable bonds is 7. The van der Waals surface area contributed by atoms with Gasteiger partial charge in [0.15, 0.2) is 15.7 Å². The summed E-state index contributed by atoms with van der Waals surface area (Å²) in [5.74, 6) is -0.0811. The van der Waals surface area contributed by atoms with Crippen LogP contribution in [-0.4, -0.2) is 38.3 Å². The summed E-state index contributed by atoms with van der Waals surface area (Å²) in [6, 6.07) is 5.86. The van der Waals surface area contributed by atoms with Gasteiger partial charge in [0, 0.05) is 23.1 Å². The van der Waals surface area contributed by atoms with Gasteiger partial charge >= 0.3 is 0 Å². The van der Waals surface area contributed by atoms with Crippen molar-refractivity contribution in [3.05, 3.63) is 40.9 Å². The Labute approximate surface area is 126 Å². The van der Waals surface area contributed by atoms with Crippen LogP contribution in [0.2, 0.25) is 0 Å². The molecule has 6 nitrogen and oxygen atoms in total. The SMILES string of the molecule is C=C(Br)CNCCS(=O)(=O)c1ccc(/C(N)=N\O)cc1. The quantitative estimate of drug-likeness (QED) is 0.221. The lowest BCUT2D eigenvalue weighted by Crippen LogP contribution is -2.24. The van der Waals surface area contributed by atoms with Crippen molar-refractivity contribution in [2.45, 2.75) is 4.90 Å². The van der Waals surface area contributed by atoms with E-state index < -0.39 is 9.84 Å². The van der Waals surface area contributed by atoms with E-state index in [1.165, 1.54) is 24.3 Å². The van der Waals surface area contributed by atoms with Crippen molar-refractivity contribution in [1.29, 1.82) is 0 Å². The number of nitrogens with zero attached hydrogens (tertiary/aromatic N) is 1. The largest absolute Gasteiger partial charge is 0.409 e. The van der Waals surface area contributed by atoms with E-state index in [-0.39, 0.29) is 16.5 Å². The van der Waals surface area contributed by atoms with Gasteiger partial charge in [-0.25, -0.2) is 8.42 Å². The van der Waals surface area contributed by atoms with Gasteiger partial charge < -0.3 is 16.3 Å². The number of benzene rings is 1. The van der Waals surface area contributed by atoms with Crippen LogP contribution in [0.25, 0.3) is 0 Å². The molecule has 0 atom stereocenters. The van der Waals surface area contributed by atoms with Crippen LogP contribution in [0.3, 0.4) is 0 Å². The Balaban J connectivity index is 2.70. The van der Waals surface area contributed by atoms with E-state index >= 15 is 0 Å². The molecule has 0 saturated heterocycles. The van der Waals surface area contributed by atoms with Gasteiger partial charge in [0.1, 0.15) is 0 Å². The predicted molar refractivity (Wildman–Crippen MR) is 81.9 cm³/mol. The monoisotopic (exact) mass is 361 g/mol. The Morgan fingerprint density at radius 2 is 2.00 bits per heavy atom. The van der Waals surface area contributed by atoms with Crippen molar-refractivity contribution in [2.24, 2.45) is 10.9 Å². The lowest BCUT2D eigenvalue weighted by Gasteiger charge is -2.06.